The van der Waals surface area contributed by atoms with Crippen LogP contribution in [0.1, 0.15) is 12.8 Å². The summed E-state index contributed by atoms with van der Waals surface area (Å²) in [5.41, 5.74) is 0. The first-order chi connectivity index (χ1) is 5.75. The number of rotatable bonds is 3. The van der Waals surface area contributed by atoms with Gasteiger partial charge in [-0.15, -0.1) is 0 Å². The number of aliphatic carboxylic acids is 1. The van der Waals surface area contributed by atoms with Crippen LogP contribution in [0.5, 0.6) is 0 Å². The Morgan fingerprint density at radius 1 is 1.58 bits per heavy atom. The van der Waals surface area contributed by atoms with Crippen molar-refractivity contribution in [2.45, 2.75) is 18.9 Å². The van der Waals surface area contributed by atoms with Crippen LogP contribution in [0.4, 0.5) is 0 Å². The second kappa shape index (κ2) is 4.42. The van der Waals surface area contributed by atoms with Gasteiger partial charge in [0.2, 0.25) is 0 Å². The highest BCUT2D eigenvalue weighted by atomic mass is 16.5. The molecule has 0 bridgehead atoms. The normalized spacial score (nSPS) is 22.1. The fraction of sp³-hybridized carbons (Fsp3) is 0.875. The van der Waals surface area contributed by atoms with Gasteiger partial charge in [0.15, 0.2) is 6.10 Å². The predicted octanol–water partition coefficient (Wildman–Crippen LogP) is 0.513. The highest BCUT2D eigenvalue weighted by molar-refractivity contribution is 5.72. The molecule has 1 N–H and O–H groups in total. The van der Waals surface area contributed by atoms with Gasteiger partial charge in [0.25, 0.3) is 0 Å². The van der Waals surface area contributed by atoms with E-state index in [0.717, 1.165) is 12.8 Å². The molecule has 12 heavy (non-hydrogen) atoms. The minimum atomic E-state index is -0.871. The monoisotopic (exact) mass is 174 g/mol. The molecule has 1 aliphatic rings. The third-order valence-corrected chi connectivity index (χ3v) is 2.19. The van der Waals surface area contributed by atoms with Gasteiger partial charge in [0, 0.05) is 26.2 Å². The van der Waals surface area contributed by atoms with Gasteiger partial charge in [0.05, 0.1) is 0 Å². The molecule has 1 atom stereocenters. The Hall–Kier alpha value is -0.610. The fourth-order valence-electron chi connectivity index (χ4n) is 1.51. The molecule has 0 spiro atoms. The lowest BCUT2D eigenvalue weighted by Gasteiger charge is -2.26. The lowest BCUT2D eigenvalue weighted by Crippen LogP contribution is -2.35. The van der Waals surface area contributed by atoms with Crippen LogP contribution in [-0.2, 0) is 14.3 Å². The molecule has 0 radical (unpaired) electrons. The summed E-state index contributed by atoms with van der Waals surface area (Å²) < 4.78 is 10.0. The maximum atomic E-state index is 10.7. The molecule has 1 rings (SSSR count). The van der Waals surface area contributed by atoms with E-state index in [0.29, 0.717) is 13.2 Å². The van der Waals surface area contributed by atoms with Crippen molar-refractivity contribution in [3.05, 3.63) is 0 Å². The number of methoxy groups -OCH3 is 1. The second-order valence-electron chi connectivity index (χ2n) is 2.94. The summed E-state index contributed by atoms with van der Waals surface area (Å²) in [6.45, 7) is 1.30. The molecular weight excluding hydrogens is 160 g/mol. The Morgan fingerprint density at radius 3 is 2.58 bits per heavy atom. The van der Waals surface area contributed by atoms with E-state index in [-0.39, 0.29) is 5.92 Å². The SMILES string of the molecule is CO[C@@H](C(=O)O)C1CCOCC1. The van der Waals surface area contributed by atoms with E-state index in [4.69, 9.17) is 14.6 Å². The van der Waals surface area contributed by atoms with Crippen LogP contribution in [0, 0.1) is 5.92 Å². The average molecular weight is 174 g/mol. The number of carbonyl (C=O) groups is 1. The van der Waals surface area contributed by atoms with E-state index < -0.39 is 12.1 Å². The Kier molecular flexibility index (Phi) is 3.49. The zero-order chi connectivity index (χ0) is 8.97. The van der Waals surface area contributed by atoms with E-state index in [2.05, 4.69) is 0 Å². The highest BCUT2D eigenvalue weighted by Gasteiger charge is 2.29. The summed E-state index contributed by atoms with van der Waals surface area (Å²) in [5.74, 6) is -0.759. The van der Waals surface area contributed by atoms with Crippen LogP contribution in [-0.4, -0.2) is 37.5 Å². The van der Waals surface area contributed by atoms with E-state index in [9.17, 15) is 4.79 Å². The summed E-state index contributed by atoms with van der Waals surface area (Å²) in [6.07, 6.45) is 0.907. The van der Waals surface area contributed by atoms with Gasteiger partial charge in [0.1, 0.15) is 0 Å². The maximum Gasteiger partial charge on any atom is 0.333 e. The van der Waals surface area contributed by atoms with Crippen LogP contribution in [0.2, 0.25) is 0 Å². The average Bonchev–Trinajstić information content (AvgIpc) is 2.07. The molecule has 0 amide bonds. The first-order valence-electron chi connectivity index (χ1n) is 4.09. The topological polar surface area (TPSA) is 55.8 Å². The molecule has 0 aromatic carbocycles. The molecule has 1 heterocycles. The molecule has 1 saturated heterocycles. The van der Waals surface area contributed by atoms with Gasteiger partial charge >= 0.3 is 5.97 Å². The van der Waals surface area contributed by atoms with Crippen molar-refractivity contribution in [3.63, 3.8) is 0 Å². The Bertz CT molecular complexity index is 151. The molecule has 4 nitrogen and oxygen atoms in total. The Balaban J connectivity index is 2.46. The summed E-state index contributed by atoms with van der Waals surface area (Å²) in [5, 5.41) is 8.76. The van der Waals surface area contributed by atoms with Gasteiger partial charge in [-0.25, -0.2) is 4.79 Å². The zero-order valence-electron chi connectivity index (χ0n) is 7.16. The largest absolute Gasteiger partial charge is 0.479 e. The number of hydrogen-bond donors (Lipinski definition) is 1. The standard InChI is InChI=1S/C8H14O4/c1-11-7(8(9)10)6-2-4-12-5-3-6/h6-7H,2-5H2,1H3,(H,9,10)/t7-/m1/s1. The van der Waals surface area contributed by atoms with Crippen LogP contribution < -0.4 is 0 Å². The first-order valence-corrected chi connectivity index (χ1v) is 4.09. The predicted molar refractivity (Wildman–Crippen MR) is 42.0 cm³/mol. The van der Waals surface area contributed by atoms with Crippen molar-refractivity contribution >= 4 is 5.97 Å². The van der Waals surface area contributed by atoms with Gasteiger partial charge < -0.3 is 14.6 Å². The molecule has 0 saturated carbocycles. The highest BCUT2D eigenvalue weighted by Crippen LogP contribution is 2.20. The van der Waals surface area contributed by atoms with Gasteiger partial charge in [-0.05, 0) is 12.8 Å². The van der Waals surface area contributed by atoms with Crippen molar-refractivity contribution in [2.24, 2.45) is 5.92 Å². The van der Waals surface area contributed by atoms with Crippen LogP contribution in [0.3, 0.4) is 0 Å². The summed E-state index contributed by atoms with van der Waals surface area (Å²) in [6, 6.07) is 0. The van der Waals surface area contributed by atoms with E-state index in [1.165, 1.54) is 7.11 Å². The Labute approximate surface area is 71.5 Å². The number of carboxylic acid groups (broad SMARTS) is 1. The van der Waals surface area contributed by atoms with Crippen LogP contribution in [0.25, 0.3) is 0 Å². The van der Waals surface area contributed by atoms with Crippen molar-refractivity contribution < 1.29 is 19.4 Å². The summed E-state index contributed by atoms with van der Waals surface area (Å²) in [4.78, 5) is 10.7. The first kappa shape index (κ1) is 9.48. The van der Waals surface area contributed by atoms with E-state index >= 15 is 0 Å². The molecule has 0 aromatic heterocycles. The lowest BCUT2D eigenvalue weighted by atomic mass is 9.94. The van der Waals surface area contributed by atoms with Crippen molar-refractivity contribution in [1.29, 1.82) is 0 Å². The molecule has 1 fully saturated rings. The van der Waals surface area contributed by atoms with Gasteiger partial charge in [-0.2, -0.15) is 0 Å². The van der Waals surface area contributed by atoms with Crippen LogP contribution in [0.15, 0.2) is 0 Å². The van der Waals surface area contributed by atoms with E-state index in [1.54, 1.807) is 0 Å². The smallest absolute Gasteiger partial charge is 0.333 e. The fourth-order valence-corrected chi connectivity index (χ4v) is 1.51. The minimum Gasteiger partial charge on any atom is -0.479 e. The maximum absolute atomic E-state index is 10.7. The zero-order valence-corrected chi connectivity index (χ0v) is 7.16. The third kappa shape index (κ3) is 2.19. The Morgan fingerprint density at radius 2 is 2.17 bits per heavy atom. The van der Waals surface area contributed by atoms with Crippen molar-refractivity contribution in [3.8, 4) is 0 Å². The van der Waals surface area contributed by atoms with Crippen molar-refractivity contribution in [1.82, 2.24) is 0 Å². The molecular formula is C8H14O4. The summed E-state index contributed by atoms with van der Waals surface area (Å²) >= 11 is 0. The molecule has 1 aliphatic heterocycles. The van der Waals surface area contributed by atoms with Gasteiger partial charge in [-0.1, -0.05) is 0 Å². The summed E-state index contributed by atoms with van der Waals surface area (Å²) in [7, 11) is 1.44. The minimum absolute atomic E-state index is 0.112. The molecule has 4 heteroatoms. The molecule has 0 aromatic rings. The number of ether oxygens (including phenoxy) is 2. The number of hydrogen-bond acceptors (Lipinski definition) is 3. The van der Waals surface area contributed by atoms with E-state index in [1.807, 2.05) is 0 Å². The van der Waals surface area contributed by atoms with Crippen molar-refractivity contribution in [2.75, 3.05) is 20.3 Å². The molecule has 70 valence electrons. The molecule has 0 aliphatic carbocycles. The van der Waals surface area contributed by atoms with Crippen LogP contribution >= 0.6 is 0 Å². The molecule has 0 unspecified atom stereocenters. The number of carboxylic acids is 1. The van der Waals surface area contributed by atoms with Gasteiger partial charge in [-0.3, -0.25) is 0 Å². The second-order valence-corrected chi connectivity index (χ2v) is 2.94. The lowest BCUT2D eigenvalue weighted by molar-refractivity contribution is -0.154. The third-order valence-electron chi connectivity index (χ3n) is 2.19. The quantitative estimate of drug-likeness (QED) is 0.677.